The summed E-state index contributed by atoms with van der Waals surface area (Å²) in [5.74, 6) is -1.12. The first kappa shape index (κ1) is 15.2. The standard InChI is InChI=1S/C18H20FNO/c1-2-3-9-16(18(20)21)14-10-11-15(17(19)12-14)13-7-5-4-6-8-13/h4-8,10-12,16H,2-3,9H2,1H3,(H2,20,21). The maximum absolute atomic E-state index is 14.3. The van der Waals surface area contributed by atoms with Crippen molar-refractivity contribution in [2.24, 2.45) is 5.73 Å². The van der Waals surface area contributed by atoms with Gasteiger partial charge in [0, 0.05) is 5.56 Å². The molecular formula is C18H20FNO. The van der Waals surface area contributed by atoms with Gasteiger partial charge in [-0.25, -0.2) is 4.39 Å². The van der Waals surface area contributed by atoms with Crippen molar-refractivity contribution in [1.82, 2.24) is 0 Å². The van der Waals surface area contributed by atoms with Crippen molar-refractivity contribution in [2.45, 2.75) is 32.1 Å². The van der Waals surface area contributed by atoms with Crippen molar-refractivity contribution in [3.05, 3.63) is 59.9 Å². The fraction of sp³-hybridized carbons (Fsp3) is 0.278. The van der Waals surface area contributed by atoms with Gasteiger partial charge < -0.3 is 5.73 Å². The summed E-state index contributed by atoms with van der Waals surface area (Å²) in [6, 6.07) is 14.3. The van der Waals surface area contributed by atoms with E-state index >= 15 is 0 Å². The summed E-state index contributed by atoms with van der Waals surface area (Å²) in [6.45, 7) is 2.05. The third-order valence-electron chi connectivity index (χ3n) is 3.67. The topological polar surface area (TPSA) is 43.1 Å². The minimum Gasteiger partial charge on any atom is -0.369 e. The summed E-state index contributed by atoms with van der Waals surface area (Å²) in [6.07, 6.45) is 2.54. The SMILES string of the molecule is CCCCC(C(N)=O)c1ccc(-c2ccccc2)c(F)c1. The summed E-state index contributed by atoms with van der Waals surface area (Å²) in [7, 11) is 0. The molecule has 3 heteroatoms. The molecule has 1 atom stereocenters. The van der Waals surface area contributed by atoms with Crippen LogP contribution in [0.2, 0.25) is 0 Å². The Hall–Kier alpha value is -2.16. The van der Waals surface area contributed by atoms with E-state index in [-0.39, 0.29) is 5.82 Å². The molecule has 0 heterocycles. The molecule has 2 N–H and O–H groups in total. The van der Waals surface area contributed by atoms with Crippen LogP contribution >= 0.6 is 0 Å². The molecule has 0 saturated carbocycles. The molecule has 0 aromatic heterocycles. The maximum atomic E-state index is 14.3. The molecule has 2 aromatic rings. The van der Waals surface area contributed by atoms with E-state index in [1.54, 1.807) is 12.1 Å². The molecule has 0 aliphatic rings. The Bertz CT molecular complexity index is 610. The number of amides is 1. The molecule has 0 aliphatic heterocycles. The molecule has 0 aliphatic carbocycles. The number of carbonyl (C=O) groups excluding carboxylic acids is 1. The zero-order chi connectivity index (χ0) is 15.2. The molecule has 0 bridgehead atoms. The first-order valence-corrected chi connectivity index (χ1v) is 7.27. The van der Waals surface area contributed by atoms with Gasteiger partial charge in [-0.2, -0.15) is 0 Å². The molecule has 0 saturated heterocycles. The molecule has 0 radical (unpaired) electrons. The van der Waals surface area contributed by atoms with Crippen molar-refractivity contribution in [2.75, 3.05) is 0 Å². The summed E-state index contributed by atoms with van der Waals surface area (Å²) in [5, 5.41) is 0. The molecule has 1 amide bonds. The van der Waals surface area contributed by atoms with E-state index in [9.17, 15) is 9.18 Å². The lowest BCUT2D eigenvalue weighted by atomic mass is 9.91. The normalized spacial score (nSPS) is 12.1. The molecule has 2 aromatic carbocycles. The van der Waals surface area contributed by atoms with Gasteiger partial charge in [0.05, 0.1) is 5.92 Å². The summed E-state index contributed by atoms with van der Waals surface area (Å²) in [5.41, 5.74) is 7.47. The van der Waals surface area contributed by atoms with Crippen molar-refractivity contribution >= 4 is 5.91 Å². The third kappa shape index (κ3) is 3.69. The molecular weight excluding hydrogens is 265 g/mol. The smallest absolute Gasteiger partial charge is 0.224 e. The average Bonchev–Trinajstić information content (AvgIpc) is 2.48. The summed E-state index contributed by atoms with van der Waals surface area (Å²) >= 11 is 0. The van der Waals surface area contributed by atoms with E-state index in [1.807, 2.05) is 30.3 Å². The molecule has 0 fully saturated rings. The van der Waals surface area contributed by atoms with E-state index in [2.05, 4.69) is 6.92 Å². The highest BCUT2D eigenvalue weighted by Crippen LogP contribution is 2.28. The van der Waals surface area contributed by atoms with Gasteiger partial charge >= 0.3 is 0 Å². The first-order chi connectivity index (χ1) is 10.1. The van der Waals surface area contributed by atoms with E-state index in [1.165, 1.54) is 6.07 Å². The van der Waals surface area contributed by atoms with Crippen LogP contribution in [0.15, 0.2) is 48.5 Å². The van der Waals surface area contributed by atoms with Crippen LogP contribution in [0.3, 0.4) is 0 Å². The number of primary amides is 1. The van der Waals surface area contributed by atoms with Crippen LogP contribution in [0.5, 0.6) is 0 Å². The van der Waals surface area contributed by atoms with Crippen LogP contribution in [0.25, 0.3) is 11.1 Å². The lowest BCUT2D eigenvalue weighted by Crippen LogP contribution is -2.21. The van der Waals surface area contributed by atoms with Gasteiger partial charge in [-0.1, -0.05) is 62.2 Å². The number of hydrogen-bond donors (Lipinski definition) is 1. The predicted octanol–water partition coefficient (Wildman–Crippen LogP) is 4.25. The molecule has 0 spiro atoms. The first-order valence-electron chi connectivity index (χ1n) is 7.27. The van der Waals surface area contributed by atoms with Gasteiger partial charge in [-0.15, -0.1) is 0 Å². The fourth-order valence-electron chi connectivity index (χ4n) is 2.48. The Morgan fingerprint density at radius 3 is 2.48 bits per heavy atom. The van der Waals surface area contributed by atoms with E-state index in [0.29, 0.717) is 17.5 Å². The molecule has 1 unspecified atom stereocenters. The molecule has 21 heavy (non-hydrogen) atoms. The fourth-order valence-corrected chi connectivity index (χ4v) is 2.48. The zero-order valence-corrected chi connectivity index (χ0v) is 12.2. The van der Waals surface area contributed by atoms with E-state index < -0.39 is 11.8 Å². The second-order valence-corrected chi connectivity index (χ2v) is 5.20. The largest absolute Gasteiger partial charge is 0.369 e. The van der Waals surface area contributed by atoms with Crippen LogP contribution in [0, 0.1) is 5.82 Å². The third-order valence-corrected chi connectivity index (χ3v) is 3.67. The van der Waals surface area contributed by atoms with Crippen LogP contribution in [-0.4, -0.2) is 5.91 Å². The van der Waals surface area contributed by atoms with Gasteiger partial charge in [0.15, 0.2) is 0 Å². The highest BCUT2D eigenvalue weighted by Gasteiger charge is 2.18. The summed E-state index contributed by atoms with van der Waals surface area (Å²) < 4.78 is 14.3. The molecule has 2 nitrogen and oxygen atoms in total. The Balaban J connectivity index is 2.31. The summed E-state index contributed by atoms with van der Waals surface area (Å²) in [4.78, 5) is 11.6. The lowest BCUT2D eigenvalue weighted by molar-refractivity contribution is -0.119. The molecule has 2 rings (SSSR count). The second kappa shape index (κ2) is 7.02. The van der Waals surface area contributed by atoms with Crippen LogP contribution < -0.4 is 5.73 Å². The van der Waals surface area contributed by atoms with Crippen molar-refractivity contribution in [3.8, 4) is 11.1 Å². The predicted molar refractivity (Wildman–Crippen MR) is 83.3 cm³/mol. The second-order valence-electron chi connectivity index (χ2n) is 5.20. The highest BCUT2D eigenvalue weighted by atomic mass is 19.1. The van der Waals surface area contributed by atoms with Crippen molar-refractivity contribution < 1.29 is 9.18 Å². The number of unbranched alkanes of at least 4 members (excludes halogenated alkanes) is 1. The van der Waals surface area contributed by atoms with Gasteiger partial charge in [0.2, 0.25) is 5.91 Å². The minimum atomic E-state index is -0.413. The number of hydrogen-bond acceptors (Lipinski definition) is 1. The number of benzene rings is 2. The van der Waals surface area contributed by atoms with Crippen LogP contribution in [0.4, 0.5) is 4.39 Å². The maximum Gasteiger partial charge on any atom is 0.224 e. The quantitative estimate of drug-likeness (QED) is 0.847. The Morgan fingerprint density at radius 2 is 1.90 bits per heavy atom. The monoisotopic (exact) mass is 285 g/mol. The van der Waals surface area contributed by atoms with Gasteiger partial charge in [-0.3, -0.25) is 4.79 Å². The number of rotatable bonds is 6. The van der Waals surface area contributed by atoms with Crippen molar-refractivity contribution in [1.29, 1.82) is 0 Å². The Labute approximate surface area is 124 Å². The van der Waals surface area contributed by atoms with E-state index in [0.717, 1.165) is 18.4 Å². The molecule has 110 valence electrons. The van der Waals surface area contributed by atoms with Gasteiger partial charge in [-0.05, 0) is 23.6 Å². The van der Waals surface area contributed by atoms with Gasteiger partial charge in [0.25, 0.3) is 0 Å². The lowest BCUT2D eigenvalue weighted by Gasteiger charge is -2.14. The number of nitrogens with two attached hydrogens (primary N) is 1. The van der Waals surface area contributed by atoms with Crippen LogP contribution in [-0.2, 0) is 4.79 Å². The van der Waals surface area contributed by atoms with Gasteiger partial charge in [0.1, 0.15) is 5.82 Å². The number of halogens is 1. The average molecular weight is 285 g/mol. The Kier molecular flexibility index (Phi) is 5.09. The Morgan fingerprint density at radius 1 is 1.19 bits per heavy atom. The van der Waals surface area contributed by atoms with Crippen LogP contribution in [0.1, 0.15) is 37.7 Å². The van der Waals surface area contributed by atoms with Crippen molar-refractivity contribution in [3.63, 3.8) is 0 Å². The minimum absolute atomic E-state index is 0.318. The zero-order valence-electron chi connectivity index (χ0n) is 12.2. The number of carbonyl (C=O) groups is 1. The van der Waals surface area contributed by atoms with E-state index in [4.69, 9.17) is 5.73 Å². The highest BCUT2D eigenvalue weighted by molar-refractivity contribution is 5.82.